The first-order chi connectivity index (χ1) is 24.2. The monoisotopic (exact) mass is 689 g/mol. The summed E-state index contributed by atoms with van der Waals surface area (Å²) in [5.41, 5.74) is 0.382. The van der Waals surface area contributed by atoms with Crippen LogP contribution in [0.5, 0.6) is 17.2 Å². The van der Waals surface area contributed by atoms with Gasteiger partial charge in [-0.25, -0.2) is 4.79 Å². The summed E-state index contributed by atoms with van der Waals surface area (Å²) in [6.45, 7) is 8.61. The van der Waals surface area contributed by atoms with Gasteiger partial charge in [-0.05, 0) is 19.3 Å². The van der Waals surface area contributed by atoms with Crippen molar-refractivity contribution in [2.24, 2.45) is 0 Å². The molecule has 0 N–H and O–H groups in total. The molecular formula is C44H80O5. The van der Waals surface area contributed by atoms with E-state index in [1.54, 1.807) is 0 Å². The zero-order chi connectivity index (χ0) is 35.5. The molecule has 0 radical (unpaired) electrons. The zero-order valence-corrected chi connectivity index (χ0v) is 33.0. The Morgan fingerprint density at radius 3 is 0.959 bits per heavy atom. The molecule has 1 aromatic carbocycles. The number of hydrogen-bond donors (Lipinski definition) is 0. The number of unbranched alkanes of at least 4 members (excludes halogenated alkanes) is 27. The van der Waals surface area contributed by atoms with Gasteiger partial charge in [0.25, 0.3) is 0 Å². The highest BCUT2D eigenvalue weighted by atomic mass is 16.5. The predicted molar refractivity (Wildman–Crippen MR) is 210 cm³/mol. The number of hydrogen-bond acceptors (Lipinski definition) is 5. The van der Waals surface area contributed by atoms with Crippen molar-refractivity contribution in [2.45, 2.75) is 213 Å². The van der Waals surface area contributed by atoms with Crippen molar-refractivity contribution in [1.82, 2.24) is 0 Å². The fourth-order valence-electron chi connectivity index (χ4n) is 6.50. The molecule has 0 spiro atoms. The number of benzene rings is 1. The van der Waals surface area contributed by atoms with Crippen LogP contribution in [0.15, 0.2) is 12.1 Å². The minimum absolute atomic E-state index is 0.382. The van der Waals surface area contributed by atoms with Crippen LogP contribution in [-0.2, 0) is 4.74 Å². The van der Waals surface area contributed by atoms with Crippen LogP contribution in [0.1, 0.15) is 224 Å². The lowest BCUT2D eigenvalue weighted by molar-refractivity contribution is 0.0590. The van der Waals surface area contributed by atoms with E-state index in [1.807, 2.05) is 12.1 Å². The molecule has 5 nitrogen and oxygen atoms in total. The van der Waals surface area contributed by atoms with Gasteiger partial charge in [-0.3, -0.25) is 0 Å². The number of carbonyl (C=O) groups excluding carboxylic acids is 1. The predicted octanol–water partition coefficient (Wildman–Crippen LogP) is 14.4. The third-order valence-corrected chi connectivity index (χ3v) is 9.71. The highest BCUT2D eigenvalue weighted by molar-refractivity contribution is 5.96. The Kier molecular flexibility index (Phi) is 31.8. The largest absolute Gasteiger partial charge is 0.493 e. The normalized spacial score (nSPS) is 11.2. The quantitative estimate of drug-likeness (QED) is 0.0514. The molecule has 286 valence electrons. The highest BCUT2D eigenvalue weighted by Crippen LogP contribution is 2.36. The van der Waals surface area contributed by atoms with Gasteiger partial charge in [0.2, 0.25) is 0 Å². The molecule has 0 saturated heterocycles. The standard InChI is InChI=1S/C44H80O5/c1-5-8-11-14-17-20-23-26-29-32-35-47-40-38-41(48-36-33-30-27-24-21-18-15-12-9-6-2)43(44(45)46-4)42(39-40)49-37-34-31-28-25-22-19-16-13-10-7-3/h38-39H,5-37H2,1-4H3. The Balaban J connectivity index is 2.64. The van der Waals surface area contributed by atoms with E-state index in [4.69, 9.17) is 18.9 Å². The summed E-state index contributed by atoms with van der Waals surface area (Å²) in [5, 5.41) is 0. The number of ether oxygens (including phenoxy) is 4. The first-order valence-electron chi connectivity index (χ1n) is 21.3. The van der Waals surface area contributed by atoms with Gasteiger partial charge in [-0.1, -0.05) is 194 Å². The average molecular weight is 689 g/mol. The SMILES string of the molecule is CCCCCCCCCCCCOc1cc(OCCCCCCCCCCCC)c(C(=O)OC)c(OCCCCCCCCCCCC)c1. The maximum Gasteiger partial charge on any atom is 0.345 e. The molecule has 0 amide bonds. The Morgan fingerprint density at radius 1 is 0.408 bits per heavy atom. The molecule has 0 atom stereocenters. The number of esters is 1. The third-order valence-electron chi connectivity index (χ3n) is 9.71. The van der Waals surface area contributed by atoms with Crippen LogP contribution in [0.4, 0.5) is 0 Å². The lowest BCUT2D eigenvalue weighted by Gasteiger charge is -2.17. The Morgan fingerprint density at radius 2 is 0.673 bits per heavy atom. The molecule has 1 rings (SSSR count). The van der Waals surface area contributed by atoms with Crippen molar-refractivity contribution < 1.29 is 23.7 Å². The summed E-state index contributed by atoms with van der Waals surface area (Å²) in [5.74, 6) is 1.32. The van der Waals surface area contributed by atoms with Crippen LogP contribution in [-0.4, -0.2) is 32.9 Å². The molecular weight excluding hydrogens is 608 g/mol. The Labute approximate surface area is 304 Å². The minimum atomic E-state index is -0.419. The molecule has 1 aromatic rings. The van der Waals surface area contributed by atoms with Gasteiger partial charge in [0, 0.05) is 12.1 Å². The number of carbonyl (C=O) groups is 1. The van der Waals surface area contributed by atoms with Gasteiger partial charge in [0.1, 0.15) is 22.8 Å². The molecule has 0 aliphatic carbocycles. The van der Waals surface area contributed by atoms with Crippen LogP contribution >= 0.6 is 0 Å². The minimum Gasteiger partial charge on any atom is -0.493 e. The van der Waals surface area contributed by atoms with Crippen molar-refractivity contribution in [1.29, 1.82) is 0 Å². The maximum atomic E-state index is 13.0. The van der Waals surface area contributed by atoms with Crippen LogP contribution in [0.2, 0.25) is 0 Å². The average Bonchev–Trinajstić information content (AvgIpc) is 3.11. The molecule has 0 bridgehead atoms. The fraction of sp³-hybridized carbons (Fsp3) is 0.841. The van der Waals surface area contributed by atoms with Crippen LogP contribution < -0.4 is 14.2 Å². The number of rotatable bonds is 37. The molecule has 49 heavy (non-hydrogen) atoms. The Bertz CT molecular complexity index is 822. The molecule has 0 saturated carbocycles. The number of methoxy groups -OCH3 is 1. The second-order valence-electron chi connectivity index (χ2n) is 14.4. The summed E-state index contributed by atoms with van der Waals surface area (Å²) >= 11 is 0. The Hall–Kier alpha value is -1.91. The molecule has 0 fully saturated rings. The van der Waals surface area contributed by atoms with Gasteiger partial charge in [0.15, 0.2) is 0 Å². The van der Waals surface area contributed by atoms with Crippen molar-refractivity contribution in [2.75, 3.05) is 26.9 Å². The van der Waals surface area contributed by atoms with E-state index in [2.05, 4.69) is 20.8 Å². The van der Waals surface area contributed by atoms with Crippen LogP contribution in [0.25, 0.3) is 0 Å². The van der Waals surface area contributed by atoms with Gasteiger partial charge in [-0.2, -0.15) is 0 Å². The fourth-order valence-corrected chi connectivity index (χ4v) is 6.50. The first-order valence-corrected chi connectivity index (χ1v) is 21.3. The van der Waals surface area contributed by atoms with Gasteiger partial charge in [0.05, 0.1) is 26.9 Å². The van der Waals surface area contributed by atoms with Crippen LogP contribution in [0, 0.1) is 0 Å². The molecule has 0 unspecified atom stereocenters. The van der Waals surface area contributed by atoms with E-state index in [1.165, 1.54) is 168 Å². The maximum absolute atomic E-state index is 13.0. The summed E-state index contributed by atoms with van der Waals surface area (Å²) in [4.78, 5) is 13.0. The second-order valence-corrected chi connectivity index (χ2v) is 14.4. The smallest absolute Gasteiger partial charge is 0.345 e. The molecule has 0 aliphatic rings. The van der Waals surface area contributed by atoms with Gasteiger partial charge < -0.3 is 18.9 Å². The van der Waals surface area contributed by atoms with E-state index in [0.717, 1.165) is 32.1 Å². The van der Waals surface area contributed by atoms with E-state index >= 15 is 0 Å². The van der Waals surface area contributed by atoms with Crippen LogP contribution in [0.3, 0.4) is 0 Å². The molecule has 5 heteroatoms. The molecule has 0 aliphatic heterocycles. The molecule has 0 heterocycles. The second kappa shape index (κ2) is 34.5. The topological polar surface area (TPSA) is 54.0 Å². The van der Waals surface area contributed by atoms with Crippen molar-refractivity contribution in [3.63, 3.8) is 0 Å². The van der Waals surface area contributed by atoms with E-state index in [-0.39, 0.29) is 0 Å². The van der Waals surface area contributed by atoms with Gasteiger partial charge in [-0.15, -0.1) is 0 Å². The molecule has 0 aromatic heterocycles. The third kappa shape index (κ3) is 25.7. The van der Waals surface area contributed by atoms with E-state index in [0.29, 0.717) is 42.6 Å². The van der Waals surface area contributed by atoms with Gasteiger partial charge >= 0.3 is 5.97 Å². The first kappa shape index (κ1) is 45.1. The summed E-state index contributed by atoms with van der Waals surface area (Å²) in [6.07, 6.45) is 38.4. The van der Waals surface area contributed by atoms with Crippen molar-refractivity contribution in [3.05, 3.63) is 17.7 Å². The highest BCUT2D eigenvalue weighted by Gasteiger charge is 2.22. The lowest BCUT2D eigenvalue weighted by Crippen LogP contribution is -2.11. The van der Waals surface area contributed by atoms with Crippen molar-refractivity contribution >= 4 is 5.97 Å². The summed E-state index contributed by atoms with van der Waals surface area (Å²) in [7, 11) is 1.43. The van der Waals surface area contributed by atoms with E-state index < -0.39 is 5.97 Å². The summed E-state index contributed by atoms with van der Waals surface area (Å²) < 4.78 is 24.0. The zero-order valence-electron chi connectivity index (χ0n) is 33.0. The van der Waals surface area contributed by atoms with E-state index in [9.17, 15) is 4.79 Å². The van der Waals surface area contributed by atoms with Crippen molar-refractivity contribution in [3.8, 4) is 17.2 Å². The lowest BCUT2D eigenvalue weighted by atomic mass is 10.1. The summed E-state index contributed by atoms with van der Waals surface area (Å²) in [6, 6.07) is 3.73.